The molecule has 1 heterocycles. The highest BCUT2D eigenvalue weighted by molar-refractivity contribution is 7.92. The predicted molar refractivity (Wildman–Crippen MR) is 78.5 cm³/mol. The fraction of sp³-hybridized carbons (Fsp3) is 0.182. The number of sulfonamides is 1. The Morgan fingerprint density at radius 1 is 1.40 bits per heavy atom. The average molecular weight is 335 g/mol. The molecule has 0 spiro atoms. The lowest BCUT2D eigenvalue weighted by Gasteiger charge is -2.10. The molecule has 2 aromatic rings. The molecule has 0 fully saturated rings. The number of nitrogens with two attached hydrogens (primary N) is 1. The van der Waals surface area contributed by atoms with Gasteiger partial charge in [-0.05, 0) is 19.1 Å². The summed E-state index contributed by atoms with van der Waals surface area (Å²) >= 11 is 11.8. The summed E-state index contributed by atoms with van der Waals surface area (Å²) in [6.07, 6.45) is 0. The number of nitrogens with one attached hydrogen (secondary N) is 2. The molecule has 0 aliphatic carbocycles. The lowest BCUT2D eigenvalue weighted by atomic mass is 10.3. The summed E-state index contributed by atoms with van der Waals surface area (Å²) in [6, 6.07) is 4.68. The molecule has 108 valence electrons. The molecule has 1 aromatic carbocycles. The molecule has 0 radical (unpaired) electrons. The van der Waals surface area contributed by atoms with Crippen LogP contribution in [0.15, 0.2) is 23.1 Å². The van der Waals surface area contributed by atoms with E-state index in [2.05, 4.69) is 14.9 Å². The fourth-order valence-corrected chi connectivity index (χ4v) is 3.60. The zero-order chi connectivity index (χ0) is 14.9. The molecule has 0 bridgehead atoms. The molecule has 2 rings (SSSR count). The van der Waals surface area contributed by atoms with Crippen LogP contribution >= 0.6 is 23.2 Å². The molecule has 0 saturated heterocycles. The van der Waals surface area contributed by atoms with Gasteiger partial charge < -0.3 is 5.73 Å². The molecule has 9 heteroatoms. The number of nitrogens with zero attached hydrogens (tertiary/aromatic N) is 1. The van der Waals surface area contributed by atoms with Gasteiger partial charge in [-0.3, -0.25) is 9.82 Å². The zero-order valence-electron chi connectivity index (χ0n) is 10.4. The molecular weight excluding hydrogens is 323 g/mol. The third-order valence-corrected chi connectivity index (χ3v) is 5.01. The van der Waals surface area contributed by atoms with Crippen molar-refractivity contribution in [2.75, 3.05) is 4.72 Å². The maximum absolute atomic E-state index is 12.4. The Labute approximate surface area is 126 Å². The Bertz CT molecular complexity index is 743. The highest BCUT2D eigenvalue weighted by Gasteiger charge is 2.24. The first-order valence-electron chi connectivity index (χ1n) is 5.57. The second kappa shape index (κ2) is 5.61. The van der Waals surface area contributed by atoms with E-state index in [0.717, 1.165) is 0 Å². The van der Waals surface area contributed by atoms with Crippen LogP contribution in [-0.2, 0) is 16.6 Å². The molecule has 0 aliphatic heterocycles. The monoisotopic (exact) mass is 334 g/mol. The quantitative estimate of drug-likeness (QED) is 0.798. The summed E-state index contributed by atoms with van der Waals surface area (Å²) < 4.78 is 27.2. The molecule has 0 saturated carbocycles. The average Bonchev–Trinajstić information content (AvgIpc) is 2.77. The number of aromatic nitrogens is 2. The van der Waals surface area contributed by atoms with E-state index in [1.165, 1.54) is 6.07 Å². The van der Waals surface area contributed by atoms with Crippen LogP contribution in [0.25, 0.3) is 0 Å². The summed E-state index contributed by atoms with van der Waals surface area (Å²) in [6.45, 7) is 1.60. The number of aromatic amines is 1. The molecule has 20 heavy (non-hydrogen) atoms. The molecule has 0 unspecified atom stereocenters. The minimum absolute atomic E-state index is 0.00383. The number of rotatable bonds is 4. The number of benzene rings is 1. The first kappa shape index (κ1) is 15.1. The smallest absolute Gasteiger partial charge is 0.265 e. The Kier molecular flexibility index (Phi) is 4.24. The van der Waals surface area contributed by atoms with Crippen LogP contribution in [-0.4, -0.2) is 18.6 Å². The van der Waals surface area contributed by atoms with Crippen LogP contribution in [0.3, 0.4) is 0 Å². The van der Waals surface area contributed by atoms with Gasteiger partial charge in [0.25, 0.3) is 10.0 Å². The van der Waals surface area contributed by atoms with Crippen molar-refractivity contribution in [1.82, 2.24) is 10.2 Å². The summed E-state index contributed by atoms with van der Waals surface area (Å²) in [5.41, 5.74) is 6.34. The van der Waals surface area contributed by atoms with Crippen LogP contribution in [0.5, 0.6) is 0 Å². The topological polar surface area (TPSA) is 101 Å². The van der Waals surface area contributed by atoms with Gasteiger partial charge in [0.2, 0.25) is 0 Å². The summed E-state index contributed by atoms with van der Waals surface area (Å²) in [5, 5.41) is 6.84. The number of aryl methyl sites for hydroxylation is 1. The third-order valence-electron chi connectivity index (χ3n) is 2.62. The second-order valence-electron chi connectivity index (χ2n) is 4.04. The largest absolute Gasteiger partial charge is 0.325 e. The lowest BCUT2D eigenvalue weighted by molar-refractivity contribution is 0.599. The van der Waals surface area contributed by atoms with Crippen molar-refractivity contribution < 1.29 is 8.42 Å². The summed E-state index contributed by atoms with van der Waals surface area (Å²) in [5.74, 6) is 0. The number of hydrogen-bond donors (Lipinski definition) is 3. The van der Waals surface area contributed by atoms with Gasteiger partial charge in [-0.15, -0.1) is 0 Å². The van der Waals surface area contributed by atoms with Crippen molar-refractivity contribution in [3.8, 4) is 0 Å². The van der Waals surface area contributed by atoms with Crippen LogP contribution in [0.4, 0.5) is 5.69 Å². The van der Waals surface area contributed by atoms with E-state index in [-0.39, 0.29) is 32.9 Å². The van der Waals surface area contributed by atoms with Crippen molar-refractivity contribution in [2.24, 2.45) is 5.73 Å². The van der Waals surface area contributed by atoms with Gasteiger partial charge >= 0.3 is 0 Å². The SMILES string of the molecule is Cc1[nH]nc(CN)c1S(=O)(=O)Nc1cccc(Cl)c1Cl. The number of halogens is 2. The minimum atomic E-state index is -3.85. The van der Waals surface area contributed by atoms with E-state index >= 15 is 0 Å². The molecule has 0 atom stereocenters. The van der Waals surface area contributed by atoms with Gasteiger partial charge in [0.1, 0.15) is 4.90 Å². The van der Waals surface area contributed by atoms with E-state index in [1.807, 2.05) is 0 Å². The van der Waals surface area contributed by atoms with E-state index in [0.29, 0.717) is 5.69 Å². The van der Waals surface area contributed by atoms with Crippen LogP contribution in [0, 0.1) is 6.92 Å². The van der Waals surface area contributed by atoms with Crippen molar-refractivity contribution in [3.05, 3.63) is 39.6 Å². The molecular formula is C11H12Cl2N4O2S. The van der Waals surface area contributed by atoms with Gasteiger partial charge in [-0.2, -0.15) is 5.10 Å². The highest BCUT2D eigenvalue weighted by atomic mass is 35.5. The number of hydrogen-bond acceptors (Lipinski definition) is 4. The van der Waals surface area contributed by atoms with Crippen molar-refractivity contribution in [2.45, 2.75) is 18.4 Å². The van der Waals surface area contributed by atoms with Gasteiger partial charge in [0.05, 0.1) is 27.1 Å². The Balaban J connectivity index is 2.46. The first-order chi connectivity index (χ1) is 9.36. The van der Waals surface area contributed by atoms with Crippen LogP contribution < -0.4 is 10.5 Å². The first-order valence-corrected chi connectivity index (χ1v) is 7.81. The van der Waals surface area contributed by atoms with Gasteiger partial charge in [-0.25, -0.2) is 8.42 Å². The van der Waals surface area contributed by atoms with Crippen molar-refractivity contribution in [1.29, 1.82) is 0 Å². The van der Waals surface area contributed by atoms with E-state index in [1.54, 1.807) is 19.1 Å². The van der Waals surface area contributed by atoms with E-state index < -0.39 is 10.0 Å². The predicted octanol–water partition coefficient (Wildman–Crippen LogP) is 2.28. The zero-order valence-corrected chi connectivity index (χ0v) is 12.8. The lowest BCUT2D eigenvalue weighted by Crippen LogP contribution is -2.16. The number of H-pyrrole nitrogens is 1. The number of anilines is 1. The highest BCUT2D eigenvalue weighted by Crippen LogP contribution is 2.31. The van der Waals surface area contributed by atoms with Gasteiger partial charge in [-0.1, -0.05) is 29.3 Å². The molecule has 4 N–H and O–H groups in total. The van der Waals surface area contributed by atoms with E-state index in [9.17, 15) is 8.42 Å². The second-order valence-corrected chi connectivity index (χ2v) is 6.44. The third kappa shape index (κ3) is 2.76. The Morgan fingerprint density at radius 3 is 2.75 bits per heavy atom. The fourth-order valence-electron chi connectivity index (χ4n) is 1.74. The Morgan fingerprint density at radius 2 is 2.10 bits per heavy atom. The normalized spacial score (nSPS) is 11.6. The van der Waals surface area contributed by atoms with E-state index in [4.69, 9.17) is 28.9 Å². The van der Waals surface area contributed by atoms with Crippen molar-refractivity contribution >= 4 is 38.9 Å². The van der Waals surface area contributed by atoms with Crippen LogP contribution in [0.1, 0.15) is 11.4 Å². The summed E-state index contributed by atoms with van der Waals surface area (Å²) in [7, 11) is -3.85. The van der Waals surface area contributed by atoms with Gasteiger partial charge in [0, 0.05) is 6.54 Å². The molecule has 0 amide bonds. The maximum atomic E-state index is 12.4. The Hall–Kier alpha value is -1.28. The molecule has 6 nitrogen and oxygen atoms in total. The van der Waals surface area contributed by atoms with Crippen molar-refractivity contribution in [3.63, 3.8) is 0 Å². The van der Waals surface area contributed by atoms with Crippen LogP contribution in [0.2, 0.25) is 10.0 Å². The standard InChI is InChI=1S/C11H12Cl2N4O2S/c1-6-11(9(5-14)16-15-6)20(18,19)17-8-4-2-3-7(12)10(8)13/h2-4,17H,5,14H2,1H3,(H,15,16). The minimum Gasteiger partial charge on any atom is -0.325 e. The molecule has 0 aliphatic rings. The molecule has 1 aromatic heterocycles. The van der Waals surface area contributed by atoms with Gasteiger partial charge in [0.15, 0.2) is 0 Å². The maximum Gasteiger partial charge on any atom is 0.265 e. The summed E-state index contributed by atoms with van der Waals surface area (Å²) in [4.78, 5) is 0.0241.